The molecule has 2 rings (SSSR count). The lowest BCUT2D eigenvalue weighted by atomic mass is 10.1. The highest BCUT2D eigenvalue weighted by molar-refractivity contribution is 14.1. The van der Waals surface area contributed by atoms with Crippen LogP contribution in [0.2, 0.25) is 0 Å². The minimum absolute atomic E-state index is 0.105. The van der Waals surface area contributed by atoms with Crippen LogP contribution >= 0.6 is 38.5 Å². The van der Waals surface area contributed by atoms with E-state index in [1.807, 2.05) is 31.2 Å². The summed E-state index contributed by atoms with van der Waals surface area (Å²) in [5.41, 5.74) is 1.18. The van der Waals surface area contributed by atoms with Crippen molar-refractivity contribution >= 4 is 44.2 Å². The minimum Gasteiger partial charge on any atom is -0.376 e. The summed E-state index contributed by atoms with van der Waals surface area (Å²) < 4.78 is 28.4. The molecule has 0 saturated heterocycles. The Balaban J connectivity index is 2.21. The van der Waals surface area contributed by atoms with E-state index < -0.39 is 11.6 Å². The van der Waals surface area contributed by atoms with Crippen LogP contribution in [0.4, 0.5) is 14.5 Å². The molecule has 1 nitrogen and oxygen atoms in total. The van der Waals surface area contributed by atoms with Crippen molar-refractivity contribution in [3.05, 3.63) is 61.6 Å². The Morgan fingerprint density at radius 3 is 2.37 bits per heavy atom. The van der Waals surface area contributed by atoms with Crippen molar-refractivity contribution in [2.75, 3.05) is 5.32 Å². The Labute approximate surface area is 132 Å². The number of benzene rings is 2. The van der Waals surface area contributed by atoms with E-state index in [9.17, 15) is 8.78 Å². The highest BCUT2D eigenvalue weighted by Crippen LogP contribution is 2.26. The minimum atomic E-state index is -0.487. The van der Waals surface area contributed by atoms with E-state index in [1.165, 1.54) is 0 Å². The van der Waals surface area contributed by atoms with Crippen molar-refractivity contribution in [1.29, 1.82) is 0 Å². The lowest BCUT2D eigenvalue weighted by molar-refractivity contribution is 0.595. The standard InChI is InChI=1S/C14H11BrF2IN/c1-8(9-2-4-10(18)5-3-9)19-14-7-12(16)11(15)6-13(14)17/h2-8,19H,1H3. The molecule has 1 N–H and O–H groups in total. The van der Waals surface area contributed by atoms with Crippen molar-refractivity contribution in [1.82, 2.24) is 0 Å². The number of anilines is 1. The zero-order chi connectivity index (χ0) is 14.0. The Kier molecular flexibility index (Phi) is 4.78. The van der Waals surface area contributed by atoms with Gasteiger partial charge < -0.3 is 5.32 Å². The summed E-state index contributed by atoms with van der Waals surface area (Å²) in [5, 5.41) is 2.98. The van der Waals surface area contributed by atoms with E-state index in [1.54, 1.807) is 0 Å². The molecule has 0 spiro atoms. The lowest BCUT2D eigenvalue weighted by Gasteiger charge is -2.16. The van der Waals surface area contributed by atoms with Gasteiger partial charge in [0.05, 0.1) is 10.2 Å². The van der Waals surface area contributed by atoms with E-state index in [2.05, 4.69) is 43.8 Å². The zero-order valence-corrected chi connectivity index (χ0v) is 13.8. The Bertz CT molecular complexity index is 587. The van der Waals surface area contributed by atoms with Gasteiger partial charge in [-0.15, -0.1) is 0 Å². The fourth-order valence-electron chi connectivity index (χ4n) is 1.70. The van der Waals surface area contributed by atoms with Gasteiger partial charge in [-0.25, -0.2) is 8.78 Å². The van der Waals surface area contributed by atoms with Crippen molar-refractivity contribution < 1.29 is 8.78 Å². The third-order valence-electron chi connectivity index (χ3n) is 2.75. The molecule has 0 aromatic heterocycles. The summed E-state index contributed by atoms with van der Waals surface area (Å²) in [4.78, 5) is 0. The van der Waals surface area contributed by atoms with Crippen LogP contribution in [-0.4, -0.2) is 0 Å². The van der Waals surface area contributed by atoms with Crippen LogP contribution in [-0.2, 0) is 0 Å². The quantitative estimate of drug-likeness (QED) is 0.493. The molecule has 0 aliphatic rings. The molecular weight excluding hydrogens is 427 g/mol. The third kappa shape index (κ3) is 3.66. The summed E-state index contributed by atoms with van der Waals surface area (Å²) in [7, 11) is 0. The van der Waals surface area contributed by atoms with Gasteiger partial charge in [0.25, 0.3) is 0 Å². The molecule has 0 bridgehead atoms. The van der Waals surface area contributed by atoms with Gasteiger partial charge in [-0.05, 0) is 69.2 Å². The van der Waals surface area contributed by atoms with Gasteiger partial charge >= 0.3 is 0 Å². The summed E-state index contributed by atoms with van der Waals surface area (Å²) in [6.07, 6.45) is 0. The Hall–Kier alpha value is -0.690. The molecule has 2 aromatic rings. The number of hydrogen-bond donors (Lipinski definition) is 1. The number of rotatable bonds is 3. The summed E-state index contributed by atoms with van der Waals surface area (Å²) in [6, 6.07) is 10.1. The molecule has 1 atom stereocenters. The molecule has 0 radical (unpaired) electrons. The van der Waals surface area contributed by atoms with E-state index in [4.69, 9.17) is 0 Å². The molecule has 5 heteroatoms. The number of hydrogen-bond acceptors (Lipinski definition) is 1. The average molecular weight is 438 g/mol. The summed E-state index contributed by atoms with van der Waals surface area (Å²) >= 11 is 5.18. The van der Waals surface area contributed by atoms with Gasteiger partial charge in [0, 0.05) is 15.7 Å². The molecule has 0 aliphatic carbocycles. The topological polar surface area (TPSA) is 12.0 Å². The average Bonchev–Trinajstić information content (AvgIpc) is 2.36. The van der Waals surface area contributed by atoms with Crippen LogP contribution in [0.1, 0.15) is 18.5 Å². The summed E-state index contributed by atoms with van der Waals surface area (Å²) in [5.74, 6) is -0.968. The van der Waals surface area contributed by atoms with Crippen LogP contribution in [0.15, 0.2) is 40.9 Å². The highest BCUT2D eigenvalue weighted by atomic mass is 127. The first-order valence-corrected chi connectivity index (χ1v) is 7.51. The number of nitrogens with one attached hydrogen (secondary N) is 1. The second kappa shape index (κ2) is 6.17. The van der Waals surface area contributed by atoms with Gasteiger partial charge in [0.15, 0.2) is 0 Å². The maximum Gasteiger partial charge on any atom is 0.147 e. The van der Waals surface area contributed by atoms with Gasteiger partial charge in [0.1, 0.15) is 11.6 Å². The Morgan fingerprint density at radius 2 is 1.74 bits per heavy atom. The van der Waals surface area contributed by atoms with Crippen LogP contribution in [0.25, 0.3) is 0 Å². The maximum atomic E-state index is 13.7. The molecule has 19 heavy (non-hydrogen) atoms. The van der Waals surface area contributed by atoms with E-state index >= 15 is 0 Å². The lowest BCUT2D eigenvalue weighted by Crippen LogP contribution is -2.08. The van der Waals surface area contributed by atoms with Crippen LogP contribution in [0.3, 0.4) is 0 Å². The van der Waals surface area contributed by atoms with E-state index in [0.717, 1.165) is 21.3 Å². The fourth-order valence-corrected chi connectivity index (χ4v) is 2.38. The van der Waals surface area contributed by atoms with Crippen molar-refractivity contribution in [3.63, 3.8) is 0 Å². The smallest absolute Gasteiger partial charge is 0.147 e. The van der Waals surface area contributed by atoms with Crippen LogP contribution < -0.4 is 5.32 Å². The fraction of sp³-hybridized carbons (Fsp3) is 0.143. The maximum absolute atomic E-state index is 13.7. The first kappa shape index (κ1) is 14.7. The van der Waals surface area contributed by atoms with Crippen molar-refractivity contribution in [3.8, 4) is 0 Å². The molecule has 1 unspecified atom stereocenters. The second-order valence-corrected chi connectivity index (χ2v) is 6.26. The van der Waals surface area contributed by atoms with Crippen LogP contribution in [0, 0.1) is 15.2 Å². The second-order valence-electron chi connectivity index (χ2n) is 4.16. The Morgan fingerprint density at radius 1 is 1.11 bits per heavy atom. The first-order valence-electron chi connectivity index (χ1n) is 5.64. The van der Waals surface area contributed by atoms with Gasteiger partial charge in [0.2, 0.25) is 0 Å². The molecule has 0 amide bonds. The molecule has 2 aromatic carbocycles. The molecule has 0 aliphatic heterocycles. The van der Waals surface area contributed by atoms with Crippen molar-refractivity contribution in [2.24, 2.45) is 0 Å². The monoisotopic (exact) mass is 437 g/mol. The predicted molar refractivity (Wildman–Crippen MR) is 85.3 cm³/mol. The van der Waals surface area contributed by atoms with Crippen LogP contribution in [0.5, 0.6) is 0 Å². The molecule has 0 saturated carbocycles. The van der Waals surface area contributed by atoms with Gasteiger partial charge in [-0.2, -0.15) is 0 Å². The number of halogens is 4. The van der Waals surface area contributed by atoms with E-state index in [0.29, 0.717) is 0 Å². The highest BCUT2D eigenvalue weighted by Gasteiger charge is 2.11. The summed E-state index contributed by atoms with van der Waals surface area (Å²) in [6.45, 7) is 1.90. The van der Waals surface area contributed by atoms with Gasteiger partial charge in [-0.3, -0.25) is 0 Å². The normalized spacial score (nSPS) is 12.3. The predicted octanol–water partition coefficient (Wildman–Crippen LogP) is 5.51. The molecule has 100 valence electrons. The zero-order valence-electron chi connectivity index (χ0n) is 10.1. The first-order chi connectivity index (χ1) is 8.97. The molecule has 0 heterocycles. The third-order valence-corrected chi connectivity index (χ3v) is 4.08. The largest absolute Gasteiger partial charge is 0.376 e. The van der Waals surface area contributed by atoms with Crippen molar-refractivity contribution in [2.45, 2.75) is 13.0 Å². The van der Waals surface area contributed by atoms with E-state index in [-0.39, 0.29) is 16.2 Å². The molecule has 0 fully saturated rings. The molecular formula is C14H11BrF2IN. The SMILES string of the molecule is CC(Nc1cc(F)c(Br)cc1F)c1ccc(I)cc1. The van der Waals surface area contributed by atoms with Gasteiger partial charge in [-0.1, -0.05) is 12.1 Å².